The Balaban J connectivity index is 3.34. The van der Waals surface area contributed by atoms with E-state index in [9.17, 15) is 19.8 Å². The Morgan fingerprint density at radius 3 is 0.899 bits per heavy atom. The summed E-state index contributed by atoms with van der Waals surface area (Å²) in [6.07, 6.45) is 103. The Labute approximate surface area is 557 Å². The number of hydrogen-bond donors (Lipinski definition) is 3. The average molecular weight is 1250 g/mol. The number of nitrogens with one attached hydrogen (secondary N) is 1. The van der Waals surface area contributed by atoms with Gasteiger partial charge in [0.1, 0.15) is 0 Å². The van der Waals surface area contributed by atoms with Crippen molar-refractivity contribution < 1.29 is 24.5 Å². The fraction of sp³-hybridized carbons (Fsp3) is 0.904. The third-order valence-corrected chi connectivity index (χ3v) is 19.2. The monoisotopic (exact) mass is 1250 g/mol. The van der Waals surface area contributed by atoms with Gasteiger partial charge in [-0.2, -0.15) is 0 Å². The maximum atomic E-state index is 12.6. The van der Waals surface area contributed by atoms with E-state index in [2.05, 4.69) is 55.6 Å². The highest BCUT2D eigenvalue weighted by molar-refractivity contribution is 5.76. The second-order valence-electron chi connectivity index (χ2n) is 28.1. The minimum Gasteiger partial charge on any atom is -0.466 e. The van der Waals surface area contributed by atoms with E-state index in [0.29, 0.717) is 25.9 Å². The van der Waals surface area contributed by atoms with Crippen molar-refractivity contribution in [3.63, 3.8) is 0 Å². The van der Waals surface area contributed by atoms with Gasteiger partial charge in [-0.15, -0.1) is 0 Å². The van der Waals surface area contributed by atoms with Crippen molar-refractivity contribution in [1.82, 2.24) is 5.32 Å². The van der Waals surface area contributed by atoms with Crippen LogP contribution >= 0.6 is 0 Å². The van der Waals surface area contributed by atoms with E-state index in [1.165, 1.54) is 372 Å². The summed E-state index contributed by atoms with van der Waals surface area (Å²) in [4.78, 5) is 24.6. The number of ether oxygens (including phenoxy) is 1. The van der Waals surface area contributed by atoms with Gasteiger partial charge >= 0.3 is 5.97 Å². The third kappa shape index (κ3) is 75.0. The number of unbranched alkanes of at least 4 members (excludes halogenated alkanes) is 60. The molecule has 0 aromatic heterocycles. The molecule has 0 aliphatic heterocycles. The molecular formula is C83H159NO5. The molecule has 526 valence electrons. The minimum atomic E-state index is -0.663. The second kappa shape index (κ2) is 78.5. The number of carbonyl (C=O) groups excluding carboxylic acids is 2. The molecule has 0 rings (SSSR count). The van der Waals surface area contributed by atoms with Gasteiger partial charge in [0, 0.05) is 12.8 Å². The standard InChI is InChI=1S/C83H159NO5/c1-3-5-7-9-11-13-15-17-19-20-21-39-42-45-48-51-55-59-63-67-71-75-81(86)80(79-85)84-82(87)76-72-68-64-60-56-52-49-46-43-40-37-35-33-31-29-27-25-23-22-24-26-28-30-32-34-36-38-41-44-47-50-54-58-62-66-70-74-78-89-83(88)77-73-69-65-61-57-53-18-16-14-12-10-8-6-4-2/h10,12,16,18,22,24,80-81,85-86H,3-9,11,13-15,17,19-21,23,25-79H2,1-2H3,(H,84,87)/b12-10-,18-16-,24-22-. The van der Waals surface area contributed by atoms with Crippen molar-refractivity contribution in [2.24, 2.45) is 0 Å². The van der Waals surface area contributed by atoms with E-state index < -0.39 is 12.1 Å². The molecule has 0 saturated heterocycles. The third-order valence-electron chi connectivity index (χ3n) is 19.2. The highest BCUT2D eigenvalue weighted by Crippen LogP contribution is 2.20. The van der Waals surface area contributed by atoms with E-state index in [1.54, 1.807) is 0 Å². The SMILES string of the molecule is CCCC/C=C\C/C=C\CCCCCCCC(=O)OCCCCCCCCCCCCCCCCCC/C=C\CCCCCCCCCCCCCCCCCCCC(=O)NC(CO)C(O)CCCCCCCCCCCCCCCCCCCCCCC. The van der Waals surface area contributed by atoms with Crippen molar-refractivity contribution >= 4 is 11.9 Å². The first kappa shape index (κ1) is 87.1. The summed E-state index contributed by atoms with van der Waals surface area (Å²) in [5.74, 6) is -0.0184. The lowest BCUT2D eigenvalue weighted by Crippen LogP contribution is -2.45. The first-order valence-corrected chi connectivity index (χ1v) is 40.7. The number of aliphatic hydroxyl groups excluding tert-OH is 2. The molecule has 6 heteroatoms. The van der Waals surface area contributed by atoms with Gasteiger partial charge in [-0.3, -0.25) is 9.59 Å². The van der Waals surface area contributed by atoms with Crippen LogP contribution in [0.2, 0.25) is 0 Å². The Morgan fingerprint density at radius 1 is 0.315 bits per heavy atom. The largest absolute Gasteiger partial charge is 0.466 e. The summed E-state index contributed by atoms with van der Waals surface area (Å²) in [6, 6.07) is -0.539. The maximum absolute atomic E-state index is 12.6. The molecule has 2 unspecified atom stereocenters. The Hall–Kier alpha value is -1.92. The van der Waals surface area contributed by atoms with Crippen LogP contribution in [0.5, 0.6) is 0 Å². The lowest BCUT2D eigenvalue weighted by Gasteiger charge is -2.22. The maximum Gasteiger partial charge on any atom is 0.305 e. The van der Waals surface area contributed by atoms with Crippen molar-refractivity contribution in [2.45, 2.75) is 469 Å². The number of hydrogen-bond acceptors (Lipinski definition) is 5. The normalized spacial score (nSPS) is 12.6. The second-order valence-corrected chi connectivity index (χ2v) is 28.1. The van der Waals surface area contributed by atoms with Crippen LogP contribution in [0.3, 0.4) is 0 Å². The van der Waals surface area contributed by atoms with Gasteiger partial charge in [-0.25, -0.2) is 0 Å². The van der Waals surface area contributed by atoms with Crippen LogP contribution in [0.4, 0.5) is 0 Å². The fourth-order valence-electron chi connectivity index (χ4n) is 13.0. The summed E-state index contributed by atoms with van der Waals surface area (Å²) in [7, 11) is 0. The first-order valence-electron chi connectivity index (χ1n) is 40.7. The number of allylic oxidation sites excluding steroid dienone is 6. The number of rotatable bonds is 77. The van der Waals surface area contributed by atoms with Crippen LogP contribution in [-0.4, -0.2) is 47.4 Å². The summed E-state index contributed by atoms with van der Waals surface area (Å²) < 4.78 is 5.49. The molecule has 0 saturated carbocycles. The molecule has 2 atom stereocenters. The molecule has 0 aliphatic rings. The van der Waals surface area contributed by atoms with Gasteiger partial charge in [0.25, 0.3) is 0 Å². The molecule has 0 aromatic rings. The Kier molecular flexibility index (Phi) is 76.8. The van der Waals surface area contributed by atoms with Crippen molar-refractivity contribution in [3.05, 3.63) is 36.5 Å². The zero-order valence-electron chi connectivity index (χ0n) is 60.4. The molecule has 3 N–H and O–H groups in total. The van der Waals surface area contributed by atoms with Gasteiger partial charge in [0.15, 0.2) is 0 Å². The molecule has 89 heavy (non-hydrogen) atoms. The minimum absolute atomic E-state index is 0.00738. The molecular weight excluding hydrogens is 1090 g/mol. The van der Waals surface area contributed by atoms with E-state index >= 15 is 0 Å². The van der Waals surface area contributed by atoms with Crippen molar-refractivity contribution in [3.8, 4) is 0 Å². The molecule has 0 bridgehead atoms. The zero-order chi connectivity index (χ0) is 64.2. The van der Waals surface area contributed by atoms with Crippen LogP contribution in [0.1, 0.15) is 457 Å². The molecule has 1 amide bonds. The molecule has 0 aromatic carbocycles. The van der Waals surface area contributed by atoms with Gasteiger partial charge < -0.3 is 20.3 Å². The van der Waals surface area contributed by atoms with Gasteiger partial charge in [0.2, 0.25) is 5.91 Å². The van der Waals surface area contributed by atoms with E-state index in [-0.39, 0.29) is 18.5 Å². The summed E-state index contributed by atoms with van der Waals surface area (Å²) in [6.45, 7) is 4.96. The number of aliphatic hydroxyl groups is 2. The number of carbonyl (C=O) groups is 2. The first-order chi connectivity index (χ1) is 44.0. The van der Waals surface area contributed by atoms with Crippen molar-refractivity contribution in [1.29, 1.82) is 0 Å². The van der Waals surface area contributed by atoms with E-state index in [0.717, 1.165) is 51.4 Å². The smallest absolute Gasteiger partial charge is 0.305 e. The van der Waals surface area contributed by atoms with Gasteiger partial charge in [-0.1, -0.05) is 403 Å². The molecule has 0 aliphatic carbocycles. The Morgan fingerprint density at radius 2 is 0.573 bits per heavy atom. The summed E-state index contributed by atoms with van der Waals surface area (Å²) in [5, 5.41) is 23.5. The van der Waals surface area contributed by atoms with Crippen LogP contribution in [-0.2, 0) is 14.3 Å². The van der Waals surface area contributed by atoms with Crippen LogP contribution < -0.4 is 5.32 Å². The average Bonchev–Trinajstić information content (AvgIpc) is 3.60. The zero-order valence-corrected chi connectivity index (χ0v) is 60.4. The quantitative estimate of drug-likeness (QED) is 0.0320. The number of esters is 1. The topological polar surface area (TPSA) is 95.9 Å². The molecule has 0 radical (unpaired) electrons. The molecule has 0 spiro atoms. The van der Waals surface area contributed by atoms with E-state index in [4.69, 9.17) is 4.74 Å². The highest BCUT2D eigenvalue weighted by Gasteiger charge is 2.20. The van der Waals surface area contributed by atoms with Crippen LogP contribution in [0, 0.1) is 0 Å². The van der Waals surface area contributed by atoms with Crippen LogP contribution in [0.15, 0.2) is 36.5 Å². The fourth-order valence-corrected chi connectivity index (χ4v) is 13.0. The predicted molar refractivity (Wildman–Crippen MR) is 393 cm³/mol. The number of amides is 1. The summed E-state index contributed by atoms with van der Waals surface area (Å²) in [5.41, 5.74) is 0. The lowest BCUT2D eigenvalue weighted by molar-refractivity contribution is -0.143. The van der Waals surface area contributed by atoms with Crippen molar-refractivity contribution in [2.75, 3.05) is 13.2 Å². The van der Waals surface area contributed by atoms with Gasteiger partial charge in [0.05, 0.1) is 25.4 Å². The Bertz CT molecular complexity index is 1440. The van der Waals surface area contributed by atoms with Gasteiger partial charge in [-0.05, 0) is 77.0 Å². The summed E-state index contributed by atoms with van der Waals surface area (Å²) >= 11 is 0. The predicted octanol–water partition coefficient (Wildman–Crippen LogP) is 27.0. The molecule has 0 heterocycles. The molecule has 0 fully saturated rings. The van der Waals surface area contributed by atoms with Crippen LogP contribution in [0.25, 0.3) is 0 Å². The molecule has 6 nitrogen and oxygen atoms in total. The van der Waals surface area contributed by atoms with E-state index in [1.807, 2.05) is 0 Å². The lowest BCUT2D eigenvalue weighted by atomic mass is 10.0. The highest BCUT2D eigenvalue weighted by atomic mass is 16.5.